The number of anilines is 2. The van der Waals surface area contributed by atoms with Crippen LogP contribution in [0.5, 0.6) is 5.75 Å². The van der Waals surface area contributed by atoms with Gasteiger partial charge in [-0.1, -0.05) is 29.8 Å². The van der Waals surface area contributed by atoms with Crippen LogP contribution >= 0.6 is 0 Å². The summed E-state index contributed by atoms with van der Waals surface area (Å²) in [4.78, 5) is 26.3. The third-order valence-corrected chi connectivity index (χ3v) is 4.31. The zero-order valence-corrected chi connectivity index (χ0v) is 16.8. The van der Waals surface area contributed by atoms with E-state index in [2.05, 4.69) is 17.4 Å². The van der Waals surface area contributed by atoms with Crippen molar-refractivity contribution in [2.24, 2.45) is 0 Å². The number of benzene rings is 2. The van der Waals surface area contributed by atoms with Crippen molar-refractivity contribution >= 4 is 23.2 Å². The highest BCUT2D eigenvalue weighted by Crippen LogP contribution is 2.27. The molecule has 0 unspecified atom stereocenters. The van der Waals surface area contributed by atoms with Gasteiger partial charge in [0.2, 0.25) is 11.8 Å². The zero-order chi connectivity index (χ0) is 20.0. The maximum Gasteiger partial charge on any atom is 0.226 e. The van der Waals surface area contributed by atoms with Gasteiger partial charge in [-0.15, -0.1) is 0 Å². The number of ether oxygens (including phenoxy) is 1. The molecule has 2 rings (SSSR count). The third kappa shape index (κ3) is 5.33. The topological polar surface area (TPSA) is 58.6 Å². The molecule has 0 saturated carbocycles. The molecule has 0 radical (unpaired) electrons. The van der Waals surface area contributed by atoms with E-state index in [9.17, 15) is 9.59 Å². The average Bonchev–Trinajstić information content (AvgIpc) is 2.58. The van der Waals surface area contributed by atoms with Crippen LogP contribution in [0.25, 0.3) is 0 Å². The van der Waals surface area contributed by atoms with E-state index in [-0.39, 0.29) is 18.2 Å². The van der Waals surface area contributed by atoms with Gasteiger partial charge in [-0.2, -0.15) is 0 Å². The molecule has 0 aliphatic carbocycles. The maximum absolute atomic E-state index is 12.4. The molecule has 2 aromatic rings. The Kier molecular flexibility index (Phi) is 6.99. The van der Waals surface area contributed by atoms with Gasteiger partial charge in [-0.25, -0.2) is 0 Å². The van der Waals surface area contributed by atoms with Crippen LogP contribution in [0.15, 0.2) is 36.4 Å². The summed E-state index contributed by atoms with van der Waals surface area (Å²) in [5, 5.41) is 2.88. The SMILES string of the molecule is CCOc1ccccc1NC(=O)CCN(C(C)=O)c1c(C)cc(C)cc1C. The van der Waals surface area contributed by atoms with E-state index in [1.54, 1.807) is 11.0 Å². The fourth-order valence-electron chi connectivity index (χ4n) is 3.30. The molecule has 0 spiro atoms. The van der Waals surface area contributed by atoms with E-state index in [1.807, 2.05) is 45.9 Å². The highest BCUT2D eigenvalue weighted by Gasteiger charge is 2.18. The lowest BCUT2D eigenvalue weighted by Gasteiger charge is -2.25. The van der Waals surface area contributed by atoms with Crippen molar-refractivity contribution in [3.05, 3.63) is 53.1 Å². The van der Waals surface area contributed by atoms with Gasteiger partial charge in [0, 0.05) is 25.6 Å². The van der Waals surface area contributed by atoms with Crippen molar-refractivity contribution in [3.8, 4) is 5.75 Å². The summed E-state index contributed by atoms with van der Waals surface area (Å²) >= 11 is 0. The minimum atomic E-state index is -0.157. The molecule has 5 heteroatoms. The van der Waals surface area contributed by atoms with Crippen LogP contribution in [0.3, 0.4) is 0 Å². The monoisotopic (exact) mass is 368 g/mol. The van der Waals surface area contributed by atoms with E-state index in [0.29, 0.717) is 24.6 Å². The van der Waals surface area contributed by atoms with Gasteiger partial charge < -0.3 is 15.0 Å². The molecule has 1 N–H and O–H groups in total. The quantitative estimate of drug-likeness (QED) is 0.788. The summed E-state index contributed by atoms with van der Waals surface area (Å²) in [7, 11) is 0. The Morgan fingerprint density at radius 1 is 1.07 bits per heavy atom. The van der Waals surface area contributed by atoms with Crippen LogP contribution in [0.4, 0.5) is 11.4 Å². The van der Waals surface area contributed by atoms with E-state index in [1.165, 1.54) is 6.92 Å². The molecular formula is C22H28N2O3. The lowest BCUT2D eigenvalue weighted by Crippen LogP contribution is -2.33. The number of carbonyl (C=O) groups is 2. The predicted octanol–water partition coefficient (Wildman–Crippen LogP) is 4.39. The highest BCUT2D eigenvalue weighted by atomic mass is 16.5. The number of aryl methyl sites for hydroxylation is 3. The normalized spacial score (nSPS) is 10.4. The first-order chi connectivity index (χ1) is 12.8. The Balaban J connectivity index is 2.11. The number of para-hydroxylation sites is 2. The number of amides is 2. The smallest absolute Gasteiger partial charge is 0.226 e. The zero-order valence-electron chi connectivity index (χ0n) is 16.8. The molecule has 144 valence electrons. The van der Waals surface area contributed by atoms with Crippen LogP contribution in [0, 0.1) is 20.8 Å². The molecule has 0 aromatic heterocycles. The van der Waals surface area contributed by atoms with Crippen molar-refractivity contribution in [2.75, 3.05) is 23.4 Å². The van der Waals surface area contributed by atoms with Gasteiger partial charge in [0.25, 0.3) is 0 Å². The van der Waals surface area contributed by atoms with E-state index in [4.69, 9.17) is 4.74 Å². The standard InChI is InChI=1S/C22H28N2O3/c1-6-27-20-10-8-7-9-19(20)23-21(26)11-12-24(18(5)25)22-16(3)13-15(2)14-17(22)4/h7-10,13-14H,6,11-12H2,1-5H3,(H,23,26). The minimum Gasteiger partial charge on any atom is -0.492 e. The molecule has 0 aliphatic heterocycles. The maximum atomic E-state index is 12.4. The lowest BCUT2D eigenvalue weighted by atomic mass is 10.0. The number of rotatable bonds is 7. The fraction of sp³-hybridized carbons (Fsp3) is 0.364. The fourth-order valence-corrected chi connectivity index (χ4v) is 3.30. The Labute approximate surface area is 161 Å². The number of nitrogens with one attached hydrogen (secondary N) is 1. The summed E-state index contributed by atoms with van der Waals surface area (Å²) < 4.78 is 5.53. The second kappa shape index (κ2) is 9.21. The number of carbonyl (C=O) groups excluding carboxylic acids is 2. The highest BCUT2D eigenvalue weighted by molar-refractivity contribution is 5.96. The van der Waals surface area contributed by atoms with Crippen molar-refractivity contribution in [2.45, 2.75) is 41.0 Å². The Morgan fingerprint density at radius 2 is 1.70 bits per heavy atom. The Hall–Kier alpha value is -2.82. The van der Waals surface area contributed by atoms with Crippen LogP contribution in [0.2, 0.25) is 0 Å². The van der Waals surface area contributed by atoms with E-state index in [0.717, 1.165) is 22.4 Å². The van der Waals surface area contributed by atoms with E-state index >= 15 is 0 Å². The van der Waals surface area contributed by atoms with Crippen LogP contribution in [-0.2, 0) is 9.59 Å². The molecule has 5 nitrogen and oxygen atoms in total. The molecule has 2 aromatic carbocycles. The molecule has 0 bridgehead atoms. The first-order valence-corrected chi connectivity index (χ1v) is 9.21. The van der Waals surface area contributed by atoms with Gasteiger partial charge in [0.1, 0.15) is 5.75 Å². The second-order valence-corrected chi connectivity index (χ2v) is 6.65. The van der Waals surface area contributed by atoms with Crippen LogP contribution < -0.4 is 15.0 Å². The molecule has 0 fully saturated rings. The largest absolute Gasteiger partial charge is 0.492 e. The minimum absolute atomic E-state index is 0.0763. The third-order valence-electron chi connectivity index (χ3n) is 4.31. The molecule has 2 amide bonds. The Morgan fingerprint density at radius 3 is 2.30 bits per heavy atom. The average molecular weight is 368 g/mol. The molecular weight excluding hydrogens is 340 g/mol. The van der Waals surface area contributed by atoms with Crippen LogP contribution in [0.1, 0.15) is 37.0 Å². The second-order valence-electron chi connectivity index (χ2n) is 6.65. The van der Waals surface area contributed by atoms with Crippen molar-refractivity contribution in [3.63, 3.8) is 0 Å². The number of hydrogen-bond acceptors (Lipinski definition) is 3. The number of hydrogen-bond donors (Lipinski definition) is 1. The Bertz CT molecular complexity index is 807. The van der Waals surface area contributed by atoms with E-state index < -0.39 is 0 Å². The molecule has 0 saturated heterocycles. The number of nitrogens with zero attached hydrogens (tertiary/aromatic N) is 1. The first kappa shape index (κ1) is 20.5. The van der Waals surface area contributed by atoms with Gasteiger partial charge in [0.15, 0.2) is 0 Å². The van der Waals surface area contributed by atoms with Crippen molar-refractivity contribution in [1.29, 1.82) is 0 Å². The van der Waals surface area contributed by atoms with Crippen LogP contribution in [-0.4, -0.2) is 25.0 Å². The van der Waals surface area contributed by atoms with Gasteiger partial charge in [-0.3, -0.25) is 9.59 Å². The van der Waals surface area contributed by atoms with Crippen molar-refractivity contribution < 1.29 is 14.3 Å². The lowest BCUT2D eigenvalue weighted by molar-refractivity contribution is -0.117. The molecule has 0 aliphatic rings. The summed E-state index contributed by atoms with van der Waals surface area (Å²) in [5.41, 5.74) is 4.74. The summed E-state index contributed by atoms with van der Waals surface area (Å²) in [6, 6.07) is 11.4. The molecule has 27 heavy (non-hydrogen) atoms. The summed E-state index contributed by atoms with van der Waals surface area (Å²) in [6.07, 6.45) is 0.201. The van der Waals surface area contributed by atoms with Crippen molar-refractivity contribution in [1.82, 2.24) is 0 Å². The summed E-state index contributed by atoms with van der Waals surface area (Å²) in [5.74, 6) is 0.408. The molecule has 0 heterocycles. The molecule has 0 atom stereocenters. The van der Waals surface area contributed by atoms with Gasteiger partial charge >= 0.3 is 0 Å². The summed E-state index contributed by atoms with van der Waals surface area (Å²) in [6.45, 7) is 10.3. The van der Waals surface area contributed by atoms with Gasteiger partial charge in [-0.05, 0) is 51.0 Å². The van der Waals surface area contributed by atoms with Gasteiger partial charge in [0.05, 0.1) is 12.3 Å². The predicted molar refractivity (Wildman–Crippen MR) is 110 cm³/mol. The first-order valence-electron chi connectivity index (χ1n) is 9.21.